The number of nitrogens with zero attached hydrogens (tertiary/aromatic N) is 6. The number of tetrazole rings is 1. The second kappa shape index (κ2) is 8.46. The van der Waals surface area contributed by atoms with Gasteiger partial charge in [0.1, 0.15) is 17.5 Å². The van der Waals surface area contributed by atoms with E-state index in [1.165, 1.54) is 4.68 Å². The second-order valence-electron chi connectivity index (χ2n) is 6.50. The molecule has 0 aliphatic rings. The molecule has 0 aliphatic carbocycles. The predicted octanol–water partition coefficient (Wildman–Crippen LogP) is 2.79. The van der Waals surface area contributed by atoms with E-state index in [1.807, 2.05) is 55.5 Å². The van der Waals surface area contributed by atoms with E-state index in [1.54, 1.807) is 7.05 Å². The zero-order chi connectivity index (χ0) is 21.8. The van der Waals surface area contributed by atoms with Gasteiger partial charge in [0.15, 0.2) is 5.69 Å². The van der Waals surface area contributed by atoms with Crippen LogP contribution in [-0.2, 0) is 7.05 Å². The third kappa shape index (κ3) is 3.84. The zero-order valence-electron chi connectivity index (χ0n) is 16.8. The number of nitriles is 1. The first-order valence-electron chi connectivity index (χ1n) is 9.47. The van der Waals surface area contributed by atoms with Crippen LogP contribution < -0.4 is 10.1 Å². The molecule has 31 heavy (non-hydrogen) atoms. The lowest BCUT2D eigenvalue weighted by atomic mass is 9.98. The number of hydrogen-bond donors (Lipinski definition) is 2. The van der Waals surface area contributed by atoms with Gasteiger partial charge < -0.3 is 4.74 Å². The molecule has 0 spiro atoms. The van der Waals surface area contributed by atoms with Crippen molar-refractivity contribution in [1.82, 2.24) is 30.4 Å². The Bertz CT molecular complexity index is 1250. The van der Waals surface area contributed by atoms with Gasteiger partial charge in [-0.15, -0.1) is 5.10 Å². The van der Waals surface area contributed by atoms with E-state index >= 15 is 0 Å². The van der Waals surface area contributed by atoms with E-state index < -0.39 is 5.91 Å². The fourth-order valence-electron chi connectivity index (χ4n) is 3.31. The first-order valence-corrected chi connectivity index (χ1v) is 9.47. The Labute approximate surface area is 177 Å². The average molecular weight is 414 g/mol. The molecular weight excluding hydrogens is 396 g/mol. The van der Waals surface area contributed by atoms with Crippen molar-refractivity contribution in [1.29, 1.82) is 5.26 Å². The summed E-state index contributed by atoms with van der Waals surface area (Å²) in [5.41, 5.74) is 3.37. The van der Waals surface area contributed by atoms with Crippen LogP contribution in [0.2, 0.25) is 0 Å². The minimum absolute atomic E-state index is 0.0264. The highest BCUT2D eigenvalue weighted by atomic mass is 16.5. The lowest BCUT2D eigenvalue weighted by Crippen LogP contribution is -2.18. The molecule has 4 aromatic rings. The van der Waals surface area contributed by atoms with Crippen LogP contribution in [0.5, 0.6) is 5.75 Å². The molecular formula is C21H18N8O2. The Kier molecular flexibility index (Phi) is 5.40. The van der Waals surface area contributed by atoms with Crippen molar-refractivity contribution in [2.24, 2.45) is 7.05 Å². The Hall–Kier alpha value is -4.52. The highest BCUT2D eigenvalue weighted by Crippen LogP contribution is 2.33. The number of amides is 1. The average Bonchev–Trinajstić information content (AvgIpc) is 3.41. The molecule has 0 saturated heterocycles. The number of H-pyrrole nitrogens is 1. The number of benzene rings is 2. The maximum atomic E-state index is 12.8. The summed E-state index contributed by atoms with van der Waals surface area (Å²) >= 11 is 0. The van der Waals surface area contributed by atoms with Gasteiger partial charge in [-0.25, -0.2) is 0 Å². The molecule has 1 amide bonds. The van der Waals surface area contributed by atoms with Gasteiger partial charge in [0.05, 0.1) is 12.2 Å². The summed E-state index contributed by atoms with van der Waals surface area (Å²) in [6, 6.07) is 17.4. The van der Waals surface area contributed by atoms with Crippen LogP contribution >= 0.6 is 0 Å². The van der Waals surface area contributed by atoms with Crippen molar-refractivity contribution in [3.05, 3.63) is 59.9 Å². The topological polar surface area (TPSA) is 134 Å². The Balaban J connectivity index is 1.73. The molecule has 0 saturated carbocycles. The molecule has 154 valence electrons. The number of para-hydroxylation sites is 1. The normalized spacial score (nSPS) is 10.5. The van der Waals surface area contributed by atoms with Crippen LogP contribution in [0.25, 0.3) is 22.3 Å². The highest BCUT2D eigenvalue weighted by Gasteiger charge is 2.24. The summed E-state index contributed by atoms with van der Waals surface area (Å²) in [6.07, 6.45) is 0. The van der Waals surface area contributed by atoms with Crippen molar-refractivity contribution in [2.45, 2.75) is 6.92 Å². The number of aromatic amines is 1. The molecule has 0 atom stereocenters. The molecule has 10 nitrogen and oxygen atoms in total. The second-order valence-corrected chi connectivity index (χ2v) is 6.50. The SMILES string of the molecule is CCOc1ccccc1-c1ccc(-c2c(C#N)nn(C)c2C(=O)Nc2nn[nH]n2)cc1. The van der Waals surface area contributed by atoms with Crippen LogP contribution in [0, 0.1) is 11.3 Å². The maximum absolute atomic E-state index is 12.8. The molecule has 4 rings (SSSR count). The molecule has 0 radical (unpaired) electrons. The van der Waals surface area contributed by atoms with Crippen LogP contribution in [0.15, 0.2) is 48.5 Å². The summed E-state index contributed by atoms with van der Waals surface area (Å²) in [6.45, 7) is 2.50. The quantitative estimate of drug-likeness (QED) is 0.495. The number of nitrogens with one attached hydrogen (secondary N) is 2. The lowest BCUT2D eigenvalue weighted by molar-refractivity contribution is 0.101. The number of aryl methyl sites for hydroxylation is 1. The number of ether oxygens (including phenoxy) is 1. The molecule has 2 N–H and O–H groups in total. The van der Waals surface area contributed by atoms with Gasteiger partial charge in [-0.3, -0.25) is 14.8 Å². The van der Waals surface area contributed by atoms with Gasteiger partial charge >= 0.3 is 0 Å². The number of carbonyl (C=O) groups excluding carboxylic acids is 1. The molecule has 0 aliphatic heterocycles. The first-order chi connectivity index (χ1) is 15.1. The summed E-state index contributed by atoms with van der Waals surface area (Å²) < 4.78 is 7.08. The standard InChI is InChI=1S/C21H18N8O2/c1-3-31-17-7-5-4-6-15(17)13-8-10-14(11-9-13)18-16(12-22)26-29(2)19(18)20(30)23-21-24-27-28-25-21/h4-11H,3H2,1-2H3,(H2,23,24,25,27,28,30). The van der Waals surface area contributed by atoms with Crippen molar-refractivity contribution >= 4 is 11.9 Å². The Morgan fingerprint density at radius 2 is 1.94 bits per heavy atom. The molecule has 2 heterocycles. The number of rotatable bonds is 6. The van der Waals surface area contributed by atoms with E-state index in [0.717, 1.165) is 16.9 Å². The fourth-order valence-corrected chi connectivity index (χ4v) is 3.31. The van der Waals surface area contributed by atoms with Crippen LogP contribution in [0.1, 0.15) is 23.1 Å². The van der Waals surface area contributed by atoms with Gasteiger partial charge in [-0.2, -0.15) is 15.6 Å². The lowest BCUT2D eigenvalue weighted by Gasteiger charge is -2.11. The van der Waals surface area contributed by atoms with E-state index in [9.17, 15) is 10.1 Å². The summed E-state index contributed by atoms with van der Waals surface area (Å²) in [5.74, 6) is 0.314. The van der Waals surface area contributed by atoms with Crippen LogP contribution in [0.3, 0.4) is 0 Å². The van der Waals surface area contributed by atoms with Gasteiger partial charge in [-0.05, 0) is 29.3 Å². The first kappa shape index (κ1) is 19.8. The Morgan fingerprint density at radius 1 is 1.19 bits per heavy atom. The number of aromatic nitrogens is 6. The summed E-state index contributed by atoms with van der Waals surface area (Å²) in [5, 5.41) is 29.4. The minimum atomic E-state index is -0.501. The Morgan fingerprint density at radius 3 is 2.61 bits per heavy atom. The van der Waals surface area contributed by atoms with E-state index in [0.29, 0.717) is 17.7 Å². The third-order valence-electron chi connectivity index (χ3n) is 4.61. The van der Waals surface area contributed by atoms with Gasteiger partial charge in [-0.1, -0.05) is 47.6 Å². The van der Waals surface area contributed by atoms with Crippen molar-refractivity contribution < 1.29 is 9.53 Å². The smallest absolute Gasteiger partial charge is 0.277 e. The molecule has 10 heteroatoms. The highest BCUT2D eigenvalue weighted by molar-refractivity contribution is 6.07. The molecule has 0 unspecified atom stereocenters. The summed E-state index contributed by atoms with van der Waals surface area (Å²) in [7, 11) is 1.60. The van der Waals surface area contributed by atoms with Gasteiger partial charge in [0, 0.05) is 12.6 Å². The third-order valence-corrected chi connectivity index (χ3v) is 4.61. The van der Waals surface area contributed by atoms with Crippen LogP contribution in [0.4, 0.5) is 5.95 Å². The number of hydrogen-bond acceptors (Lipinski definition) is 7. The monoisotopic (exact) mass is 414 g/mol. The molecule has 0 bridgehead atoms. The van der Waals surface area contributed by atoms with Crippen LogP contribution in [-0.4, -0.2) is 42.9 Å². The number of anilines is 1. The van der Waals surface area contributed by atoms with E-state index in [4.69, 9.17) is 4.74 Å². The van der Waals surface area contributed by atoms with E-state index in [-0.39, 0.29) is 17.3 Å². The summed E-state index contributed by atoms with van der Waals surface area (Å²) in [4.78, 5) is 12.8. The minimum Gasteiger partial charge on any atom is -0.493 e. The van der Waals surface area contributed by atoms with Crippen molar-refractivity contribution in [3.8, 4) is 34.1 Å². The maximum Gasteiger partial charge on any atom is 0.277 e. The largest absolute Gasteiger partial charge is 0.493 e. The van der Waals surface area contributed by atoms with Gasteiger partial charge in [0.25, 0.3) is 11.9 Å². The zero-order valence-corrected chi connectivity index (χ0v) is 16.8. The van der Waals surface area contributed by atoms with E-state index in [2.05, 4.69) is 37.1 Å². The van der Waals surface area contributed by atoms with Gasteiger partial charge in [0.2, 0.25) is 0 Å². The molecule has 2 aromatic heterocycles. The fraction of sp³-hybridized carbons (Fsp3) is 0.143. The van der Waals surface area contributed by atoms with Crippen molar-refractivity contribution in [3.63, 3.8) is 0 Å². The predicted molar refractivity (Wildman–Crippen MR) is 112 cm³/mol. The molecule has 0 fully saturated rings. The number of carbonyl (C=O) groups is 1. The molecule has 2 aromatic carbocycles. The van der Waals surface area contributed by atoms with Crippen molar-refractivity contribution in [2.75, 3.05) is 11.9 Å².